The first-order valence-corrected chi connectivity index (χ1v) is 9.56. The number of hydrogen-bond donors (Lipinski definition) is 1. The summed E-state index contributed by atoms with van der Waals surface area (Å²) >= 11 is 5.41. The van der Waals surface area contributed by atoms with Gasteiger partial charge in [-0.25, -0.2) is 4.39 Å². The Kier molecular flexibility index (Phi) is 6.43. The minimum atomic E-state index is -0.661. The van der Waals surface area contributed by atoms with E-state index in [9.17, 15) is 14.0 Å². The zero-order valence-corrected chi connectivity index (χ0v) is 17.0. The second-order valence-corrected chi connectivity index (χ2v) is 7.11. The third kappa shape index (κ3) is 4.89. The number of anilines is 1. The number of ether oxygens (including phenoxy) is 1. The molecule has 2 aromatic rings. The average Bonchev–Trinajstić information content (AvgIpc) is 2.92. The van der Waals surface area contributed by atoms with Gasteiger partial charge < -0.3 is 15.0 Å². The van der Waals surface area contributed by atoms with Crippen LogP contribution in [0.2, 0.25) is 0 Å². The van der Waals surface area contributed by atoms with Gasteiger partial charge in [0, 0.05) is 19.3 Å². The van der Waals surface area contributed by atoms with Crippen LogP contribution in [0.4, 0.5) is 10.1 Å². The fraction of sp³-hybridized carbons (Fsp3) is 0.286. The molecule has 8 heteroatoms. The number of nitrogens with one attached hydrogen (secondary N) is 1. The van der Waals surface area contributed by atoms with Crippen molar-refractivity contribution in [2.75, 3.05) is 26.0 Å². The van der Waals surface area contributed by atoms with Gasteiger partial charge in [-0.3, -0.25) is 14.5 Å². The van der Waals surface area contributed by atoms with Crippen molar-refractivity contribution in [2.24, 2.45) is 0 Å². The van der Waals surface area contributed by atoms with Crippen molar-refractivity contribution in [1.82, 2.24) is 9.80 Å². The molecular formula is C21H22FN3O3S. The normalized spacial score (nSPS) is 16.3. The first-order valence-electron chi connectivity index (χ1n) is 9.15. The third-order valence-electron chi connectivity index (χ3n) is 4.83. The lowest BCUT2D eigenvalue weighted by Crippen LogP contribution is -2.39. The molecule has 0 saturated carbocycles. The zero-order valence-electron chi connectivity index (χ0n) is 16.2. The minimum absolute atomic E-state index is 0.0384. The Morgan fingerprint density at radius 3 is 2.45 bits per heavy atom. The summed E-state index contributed by atoms with van der Waals surface area (Å²) in [6.07, 6.45) is 0.630. The number of carbonyl (C=O) groups is 2. The number of rotatable bonds is 7. The molecule has 0 radical (unpaired) electrons. The second-order valence-electron chi connectivity index (χ2n) is 6.75. The zero-order chi connectivity index (χ0) is 21.0. The van der Waals surface area contributed by atoms with E-state index in [-0.39, 0.29) is 24.1 Å². The predicted octanol–water partition coefficient (Wildman–Crippen LogP) is 2.83. The third-order valence-corrected chi connectivity index (χ3v) is 5.34. The average molecular weight is 415 g/mol. The molecule has 0 unspecified atom stereocenters. The highest BCUT2D eigenvalue weighted by Crippen LogP contribution is 2.21. The molecule has 0 spiro atoms. The Morgan fingerprint density at radius 1 is 1.17 bits per heavy atom. The molecule has 1 aliphatic heterocycles. The van der Waals surface area contributed by atoms with Crippen molar-refractivity contribution in [3.8, 4) is 5.75 Å². The molecule has 1 N–H and O–H groups in total. The van der Waals surface area contributed by atoms with Crippen LogP contribution in [0.15, 0.2) is 48.5 Å². The maximum atomic E-state index is 13.0. The molecule has 0 aliphatic carbocycles. The number of likely N-dealkylation sites (N-methyl/N-ethyl adjacent to an activating group) is 1. The van der Waals surface area contributed by atoms with E-state index in [1.54, 1.807) is 19.1 Å². The molecular weight excluding hydrogens is 393 g/mol. The number of thiocarbonyl (C=S) groups is 1. The van der Waals surface area contributed by atoms with Crippen LogP contribution in [-0.4, -0.2) is 53.5 Å². The van der Waals surface area contributed by atoms with Crippen LogP contribution >= 0.6 is 12.2 Å². The molecule has 0 bridgehead atoms. The van der Waals surface area contributed by atoms with Gasteiger partial charge in [0.15, 0.2) is 5.11 Å². The SMILES string of the molecule is COc1ccc(CCN2C(=S)N(C)C(=O)[C@@H]2CC(=O)Nc2ccc(F)cc2)cc1. The van der Waals surface area contributed by atoms with Crippen molar-refractivity contribution in [1.29, 1.82) is 0 Å². The monoisotopic (exact) mass is 415 g/mol. The Bertz CT molecular complexity index is 902. The van der Waals surface area contributed by atoms with Crippen molar-refractivity contribution in [2.45, 2.75) is 18.9 Å². The maximum absolute atomic E-state index is 13.0. The molecule has 2 aromatic carbocycles. The lowest BCUT2D eigenvalue weighted by atomic mass is 10.1. The lowest BCUT2D eigenvalue weighted by Gasteiger charge is -2.23. The Balaban J connectivity index is 1.65. The summed E-state index contributed by atoms with van der Waals surface area (Å²) in [4.78, 5) is 28.2. The van der Waals surface area contributed by atoms with E-state index in [2.05, 4.69) is 5.32 Å². The molecule has 3 rings (SSSR count). The van der Waals surface area contributed by atoms with Crippen LogP contribution < -0.4 is 10.1 Å². The van der Waals surface area contributed by atoms with Gasteiger partial charge in [-0.2, -0.15) is 0 Å². The quantitative estimate of drug-likeness (QED) is 0.705. The van der Waals surface area contributed by atoms with E-state index < -0.39 is 6.04 Å². The molecule has 1 atom stereocenters. The van der Waals surface area contributed by atoms with Crippen LogP contribution in [0.5, 0.6) is 5.75 Å². The summed E-state index contributed by atoms with van der Waals surface area (Å²) in [5.41, 5.74) is 1.55. The number of halogens is 1. The van der Waals surface area contributed by atoms with Crippen LogP contribution in [0.25, 0.3) is 0 Å². The topological polar surface area (TPSA) is 61.9 Å². The lowest BCUT2D eigenvalue weighted by molar-refractivity contribution is -0.130. The summed E-state index contributed by atoms with van der Waals surface area (Å²) in [6.45, 7) is 0.510. The van der Waals surface area contributed by atoms with E-state index in [4.69, 9.17) is 17.0 Å². The van der Waals surface area contributed by atoms with Crippen molar-refractivity contribution in [3.63, 3.8) is 0 Å². The number of methoxy groups -OCH3 is 1. The van der Waals surface area contributed by atoms with Gasteiger partial charge in [0.2, 0.25) is 5.91 Å². The first-order chi connectivity index (χ1) is 13.9. The number of nitrogens with zero attached hydrogens (tertiary/aromatic N) is 2. The van der Waals surface area contributed by atoms with Crippen LogP contribution in [0, 0.1) is 5.82 Å². The van der Waals surface area contributed by atoms with Crippen LogP contribution in [0.3, 0.4) is 0 Å². The maximum Gasteiger partial charge on any atom is 0.251 e. The molecule has 1 fully saturated rings. The van der Waals surface area contributed by atoms with Crippen molar-refractivity contribution in [3.05, 3.63) is 59.9 Å². The Labute approximate surface area is 174 Å². The molecule has 152 valence electrons. The number of hydrogen-bond acceptors (Lipinski definition) is 4. The fourth-order valence-corrected chi connectivity index (χ4v) is 3.50. The van der Waals surface area contributed by atoms with E-state index in [0.29, 0.717) is 23.8 Å². The standard InChI is InChI=1S/C21H22FN3O3S/c1-24-20(27)18(13-19(26)23-16-7-5-15(22)6-8-16)25(21(24)29)12-11-14-3-9-17(28-2)10-4-14/h3-10,18H,11-13H2,1-2H3,(H,23,26)/t18-/m0/s1. The molecule has 0 aromatic heterocycles. The van der Waals surface area contributed by atoms with Gasteiger partial charge in [-0.05, 0) is 60.6 Å². The first kappa shape index (κ1) is 20.7. The Hall–Kier alpha value is -3.00. The molecule has 1 saturated heterocycles. The second kappa shape index (κ2) is 9.00. The van der Waals surface area contributed by atoms with Gasteiger partial charge in [0.05, 0.1) is 13.5 Å². The van der Waals surface area contributed by atoms with Gasteiger partial charge in [-0.1, -0.05) is 12.1 Å². The molecule has 1 aliphatic rings. The largest absolute Gasteiger partial charge is 0.497 e. The molecule has 29 heavy (non-hydrogen) atoms. The van der Waals surface area contributed by atoms with Gasteiger partial charge in [-0.15, -0.1) is 0 Å². The van der Waals surface area contributed by atoms with Gasteiger partial charge >= 0.3 is 0 Å². The predicted molar refractivity (Wildman–Crippen MR) is 112 cm³/mol. The van der Waals surface area contributed by atoms with E-state index in [0.717, 1.165) is 11.3 Å². The highest BCUT2D eigenvalue weighted by atomic mass is 32.1. The van der Waals surface area contributed by atoms with Gasteiger partial charge in [0.25, 0.3) is 5.91 Å². The Morgan fingerprint density at radius 2 is 1.83 bits per heavy atom. The van der Waals surface area contributed by atoms with Crippen molar-refractivity contribution >= 4 is 34.8 Å². The van der Waals surface area contributed by atoms with Crippen LogP contribution in [-0.2, 0) is 16.0 Å². The highest BCUT2D eigenvalue weighted by molar-refractivity contribution is 7.80. The fourth-order valence-electron chi connectivity index (χ4n) is 3.19. The number of carbonyl (C=O) groups excluding carboxylic acids is 2. The summed E-state index contributed by atoms with van der Waals surface area (Å²) in [7, 11) is 3.23. The smallest absolute Gasteiger partial charge is 0.251 e. The summed E-state index contributed by atoms with van der Waals surface area (Å²) in [5.74, 6) is -0.150. The van der Waals surface area contributed by atoms with Crippen molar-refractivity contribution < 1.29 is 18.7 Å². The molecule has 2 amide bonds. The molecule has 6 nitrogen and oxygen atoms in total. The number of benzene rings is 2. The summed E-state index contributed by atoms with van der Waals surface area (Å²) < 4.78 is 18.2. The minimum Gasteiger partial charge on any atom is -0.497 e. The van der Waals surface area contributed by atoms with E-state index in [1.165, 1.54) is 29.2 Å². The number of amides is 2. The summed E-state index contributed by atoms with van der Waals surface area (Å²) in [6, 6.07) is 12.5. The summed E-state index contributed by atoms with van der Waals surface area (Å²) in [5, 5.41) is 3.10. The van der Waals surface area contributed by atoms with Crippen LogP contribution in [0.1, 0.15) is 12.0 Å². The van der Waals surface area contributed by atoms with Gasteiger partial charge in [0.1, 0.15) is 17.6 Å². The molecule has 1 heterocycles. The van der Waals surface area contributed by atoms with E-state index >= 15 is 0 Å². The van der Waals surface area contributed by atoms with E-state index in [1.807, 2.05) is 24.3 Å². The highest BCUT2D eigenvalue weighted by Gasteiger charge is 2.41.